The first-order chi connectivity index (χ1) is 8.74. The number of hydrogen-bond acceptors (Lipinski definition) is 3. The van der Waals surface area contributed by atoms with Crippen molar-refractivity contribution in [3.8, 4) is 0 Å². The van der Waals surface area contributed by atoms with Crippen LogP contribution < -0.4 is 5.73 Å². The number of hydrogen-bond donors (Lipinski definition) is 2. The summed E-state index contributed by atoms with van der Waals surface area (Å²) in [6.07, 6.45) is -5.19. The van der Waals surface area contributed by atoms with Crippen molar-refractivity contribution in [2.45, 2.75) is 34.7 Å². The third-order valence-electron chi connectivity index (χ3n) is 3.15. The lowest BCUT2D eigenvalue weighted by Gasteiger charge is -2.29. The largest absolute Gasteiger partial charge is 0.480 e. The summed E-state index contributed by atoms with van der Waals surface area (Å²) >= 11 is 1.25. The van der Waals surface area contributed by atoms with Crippen LogP contribution >= 0.6 is 11.8 Å². The first kappa shape index (κ1) is 14.2. The van der Waals surface area contributed by atoms with Crippen molar-refractivity contribution in [1.82, 2.24) is 0 Å². The standard InChI is InChI=1S/C12H12F3NO2S/c13-12(14,15)11(16,10(17)18)6-8-5-7-3-1-2-4-9(7)19-8/h1-4,8H,5-6,16H2,(H,17,18). The topological polar surface area (TPSA) is 63.3 Å². The molecule has 0 saturated carbocycles. The normalized spacial score (nSPS) is 21.8. The average molecular weight is 291 g/mol. The van der Waals surface area contributed by atoms with Crippen molar-refractivity contribution in [2.75, 3.05) is 0 Å². The van der Waals surface area contributed by atoms with E-state index in [1.54, 1.807) is 12.1 Å². The van der Waals surface area contributed by atoms with Gasteiger partial charge in [0.15, 0.2) is 0 Å². The van der Waals surface area contributed by atoms with E-state index in [9.17, 15) is 18.0 Å². The van der Waals surface area contributed by atoms with Crippen LogP contribution in [0, 0.1) is 0 Å². The fraction of sp³-hybridized carbons (Fsp3) is 0.417. The van der Waals surface area contributed by atoms with Crippen molar-refractivity contribution < 1.29 is 23.1 Å². The van der Waals surface area contributed by atoms with Gasteiger partial charge in [0, 0.05) is 10.1 Å². The van der Waals surface area contributed by atoms with Crippen LogP contribution in [0.3, 0.4) is 0 Å². The van der Waals surface area contributed by atoms with E-state index in [1.165, 1.54) is 11.8 Å². The van der Waals surface area contributed by atoms with E-state index >= 15 is 0 Å². The van der Waals surface area contributed by atoms with Gasteiger partial charge in [0.05, 0.1) is 0 Å². The Morgan fingerprint density at radius 3 is 2.58 bits per heavy atom. The van der Waals surface area contributed by atoms with Crippen LogP contribution in [0.2, 0.25) is 0 Å². The molecule has 0 amide bonds. The van der Waals surface area contributed by atoms with Gasteiger partial charge in [0.25, 0.3) is 0 Å². The maximum Gasteiger partial charge on any atom is 0.417 e. The zero-order chi connectivity index (χ0) is 14.3. The van der Waals surface area contributed by atoms with E-state index in [4.69, 9.17) is 10.8 Å². The average Bonchev–Trinajstić information content (AvgIpc) is 2.68. The summed E-state index contributed by atoms with van der Waals surface area (Å²) in [5.74, 6) is -2.03. The summed E-state index contributed by atoms with van der Waals surface area (Å²) in [4.78, 5) is 11.8. The number of benzene rings is 1. The van der Waals surface area contributed by atoms with Crippen molar-refractivity contribution in [3.63, 3.8) is 0 Å². The summed E-state index contributed by atoms with van der Waals surface area (Å²) in [7, 11) is 0. The Morgan fingerprint density at radius 1 is 1.42 bits per heavy atom. The number of thioether (sulfide) groups is 1. The molecule has 104 valence electrons. The molecule has 3 nitrogen and oxygen atoms in total. The molecule has 0 spiro atoms. The highest BCUT2D eigenvalue weighted by Gasteiger charge is 2.59. The van der Waals surface area contributed by atoms with Gasteiger partial charge >= 0.3 is 12.1 Å². The maximum absolute atomic E-state index is 12.8. The van der Waals surface area contributed by atoms with E-state index in [-0.39, 0.29) is 0 Å². The third-order valence-corrected chi connectivity index (χ3v) is 4.47. The SMILES string of the molecule is NC(CC1Cc2ccccc2S1)(C(=O)O)C(F)(F)F. The molecule has 0 bridgehead atoms. The molecule has 1 aromatic rings. The van der Waals surface area contributed by atoms with Gasteiger partial charge in [-0.3, -0.25) is 0 Å². The van der Waals surface area contributed by atoms with Crippen molar-refractivity contribution in [3.05, 3.63) is 29.8 Å². The highest BCUT2D eigenvalue weighted by molar-refractivity contribution is 8.00. The van der Waals surface area contributed by atoms with Crippen LogP contribution in [0.5, 0.6) is 0 Å². The van der Waals surface area contributed by atoms with Crippen molar-refractivity contribution in [1.29, 1.82) is 0 Å². The van der Waals surface area contributed by atoms with Gasteiger partial charge in [-0.15, -0.1) is 11.8 Å². The molecule has 0 fully saturated rings. The van der Waals surface area contributed by atoms with Crippen LogP contribution in [0.15, 0.2) is 29.2 Å². The van der Waals surface area contributed by atoms with E-state index in [1.807, 2.05) is 12.1 Å². The Balaban J connectivity index is 2.16. The van der Waals surface area contributed by atoms with Crippen LogP contribution in [-0.4, -0.2) is 28.0 Å². The predicted molar refractivity (Wildman–Crippen MR) is 65.0 cm³/mol. The molecular weight excluding hydrogens is 279 g/mol. The number of aliphatic carboxylic acids is 1. The van der Waals surface area contributed by atoms with Crippen LogP contribution in [0.1, 0.15) is 12.0 Å². The number of fused-ring (bicyclic) bond motifs is 1. The van der Waals surface area contributed by atoms with Gasteiger partial charge in [-0.25, -0.2) is 4.79 Å². The van der Waals surface area contributed by atoms with Crippen LogP contribution in [0.4, 0.5) is 13.2 Å². The molecule has 3 N–H and O–H groups in total. The molecule has 7 heteroatoms. The Kier molecular flexibility index (Phi) is 3.53. The van der Waals surface area contributed by atoms with Crippen molar-refractivity contribution in [2.24, 2.45) is 5.73 Å². The molecule has 0 aromatic heterocycles. The number of carboxylic acid groups (broad SMARTS) is 1. The molecular formula is C12H12F3NO2S. The number of carbonyl (C=O) groups is 1. The molecule has 1 heterocycles. The Labute approximate surface area is 112 Å². The maximum atomic E-state index is 12.8. The smallest absolute Gasteiger partial charge is 0.417 e. The summed E-state index contributed by atoms with van der Waals surface area (Å²) in [6.45, 7) is 0. The number of halogens is 3. The summed E-state index contributed by atoms with van der Waals surface area (Å²) in [5, 5.41) is 8.32. The fourth-order valence-electron chi connectivity index (χ4n) is 2.05. The number of carboxylic acids is 1. The quantitative estimate of drug-likeness (QED) is 0.898. The van der Waals surface area contributed by atoms with Gasteiger partial charge < -0.3 is 10.8 Å². The van der Waals surface area contributed by atoms with Crippen LogP contribution in [-0.2, 0) is 11.2 Å². The second kappa shape index (κ2) is 4.72. The van der Waals surface area contributed by atoms with E-state index in [0.29, 0.717) is 6.42 Å². The fourth-order valence-corrected chi connectivity index (χ4v) is 3.48. The molecule has 19 heavy (non-hydrogen) atoms. The van der Waals surface area contributed by atoms with Gasteiger partial charge in [0.1, 0.15) is 0 Å². The molecule has 2 unspecified atom stereocenters. The molecule has 0 radical (unpaired) electrons. The summed E-state index contributed by atoms with van der Waals surface area (Å²) < 4.78 is 38.5. The van der Waals surface area contributed by atoms with E-state index in [0.717, 1.165) is 10.5 Å². The molecule has 0 aliphatic carbocycles. The van der Waals surface area contributed by atoms with Crippen LogP contribution in [0.25, 0.3) is 0 Å². The molecule has 1 aromatic carbocycles. The Bertz CT molecular complexity index is 481. The third kappa shape index (κ3) is 2.57. The van der Waals surface area contributed by atoms with E-state index in [2.05, 4.69) is 0 Å². The number of alkyl halides is 3. The molecule has 2 rings (SSSR count). The van der Waals surface area contributed by atoms with Gasteiger partial charge in [-0.05, 0) is 24.5 Å². The number of rotatable bonds is 3. The Morgan fingerprint density at radius 2 is 2.05 bits per heavy atom. The lowest BCUT2D eigenvalue weighted by atomic mass is 9.91. The highest BCUT2D eigenvalue weighted by atomic mass is 32.2. The molecule has 1 aliphatic heterocycles. The molecule has 0 saturated heterocycles. The summed E-state index contributed by atoms with van der Waals surface area (Å²) in [6, 6.07) is 7.24. The number of nitrogens with two attached hydrogens (primary N) is 1. The minimum Gasteiger partial charge on any atom is -0.480 e. The zero-order valence-electron chi connectivity index (χ0n) is 9.78. The minimum atomic E-state index is -4.96. The predicted octanol–water partition coefficient (Wildman–Crippen LogP) is 2.44. The molecule has 1 aliphatic rings. The lowest BCUT2D eigenvalue weighted by molar-refractivity contribution is -0.203. The second-order valence-corrected chi connectivity index (χ2v) is 5.87. The van der Waals surface area contributed by atoms with Gasteiger partial charge in [-0.1, -0.05) is 18.2 Å². The summed E-state index contributed by atoms with van der Waals surface area (Å²) in [5.41, 5.74) is 2.84. The van der Waals surface area contributed by atoms with Crippen molar-refractivity contribution >= 4 is 17.7 Å². The minimum absolute atomic E-state index is 0.406. The second-order valence-electron chi connectivity index (χ2n) is 4.53. The lowest BCUT2D eigenvalue weighted by Crippen LogP contribution is -2.60. The first-order valence-corrected chi connectivity index (χ1v) is 6.45. The van der Waals surface area contributed by atoms with Gasteiger partial charge in [-0.2, -0.15) is 13.2 Å². The Hall–Kier alpha value is -1.21. The zero-order valence-corrected chi connectivity index (χ0v) is 10.6. The monoisotopic (exact) mass is 291 g/mol. The van der Waals surface area contributed by atoms with E-state index < -0.39 is 29.4 Å². The highest BCUT2D eigenvalue weighted by Crippen LogP contribution is 2.43. The van der Waals surface area contributed by atoms with Gasteiger partial charge in [0.2, 0.25) is 5.54 Å². The first-order valence-electron chi connectivity index (χ1n) is 5.57. The molecule has 2 atom stereocenters.